The van der Waals surface area contributed by atoms with E-state index in [0.29, 0.717) is 45.3 Å². The first-order chi connectivity index (χ1) is 17.4. The normalized spacial score (nSPS) is 13.2. The van der Waals surface area contributed by atoms with Crippen molar-refractivity contribution in [2.75, 3.05) is 10.6 Å². The predicted octanol–water partition coefficient (Wildman–Crippen LogP) is 5.56. The van der Waals surface area contributed by atoms with Gasteiger partial charge in [0.25, 0.3) is 11.8 Å². The van der Waals surface area contributed by atoms with E-state index in [4.69, 9.17) is 9.84 Å². The van der Waals surface area contributed by atoms with Crippen molar-refractivity contribution >= 4 is 40.8 Å². The highest BCUT2D eigenvalue weighted by atomic mass is 16.5. The van der Waals surface area contributed by atoms with Gasteiger partial charge in [-0.1, -0.05) is 23.8 Å². The van der Waals surface area contributed by atoms with Gasteiger partial charge < -0.3 is 25.5 Å². The molecular weight excluding hydrogens is 458 g/mol. The molecular formula is C28H21N3O5. The molecule has 0 saturated carbocycles. The summed E-state index contributed by atoms with van der Waals surface area (Å²) >= 11 is 0. The van der Waals surface area contributed by atoms with Crippen LogP contribution in [0.15, 0.2) is 79.0 Å². The number of carbonyl (C=O) groups excluding carboxylic acids is 2. The summed E-state index contributed by atoms with van der Waals surface area (Å²) in [6, 6.07) is 21.0. The molecule has 3 aromatic carbocycles. The number of benzene rings is 3. The minimum absolute atomic E-state index is 0.113. The number of ether oxygens (including phenoxy) is 1. The summed E-state index contributed by atoms with van der Waals surface area (Å²) in [5, 5.41) is 14.8. The van der Waals surface area contributed by atoms with Gasteiger partial charge in [-0.2, -0.15) is 0 Å². The number of hydrogen-bond acceptors (Lipinski definition) is 4. The van der Waals surface area contributed by atoms with E-state index in [1.165, 1.54) is 12.3 Å². The maximum Gasteiger partial charge on any atom is 0.337 e. The first-order valence-corrected chi connectivity index (χ1v) is 11.1. The van der Waals surface area contributed by atoms with E-state index in [-0.39, 0.29) is 17.4 Å². The van der Waals surface area contributed by atoms with Crippen molar-refractivity contribution in [2.24, 2.45) is 0 Å². The van der Waals surface area contributed by atoms with E-state index < -0.39 is 5.97 Å². The van der Waals surface area contributed by atoms with Crippen molar-refractivity contribution in [1.82, 2.24) is 4.98 Å². The molecule has 0 aliphatic carbocycles. The second-order valence-corrected chi connectivity index (χ2v) is 8.32. The lowest BCUT2D eigenvalue weighted by Crippen LogP contribution is -2.11. The Balaban J connectivity index is 1.33. The number of aryl methyl sites for hydroxylation is 1. The number of anilines is 2. The zero-order chi connectivity index (χ0) is 25.2. The summed E-state index contributed by atoms with van der Waals surface area (Å²) in [5.41, 5.74) is 4.45. The molecule has 0 fully saturated rings. The lowest BCUT2D eigenvalue weighted by Gasteiger charge is -2.10. The van der Waals surface area contributed by atoms with Crippen LogP contribution >= 0.6 is 0 Å². The Morgan fingerprint density at radius 2 is 1.75 bits per heavy atom. The molecule has 0 atom stereocenters. The number of H-pyrrole nitrogens is 1. The Bertz CT molecular complexity index is 1550. The molecule has 0 spiro atoms. The highest BCUT2D eigenvalue weighted by molar-refractivity contribution is 6.34. The van der Waals surface area contributed by atoms with Crippen LogP contribution < -0.4 is 15.4 Å². The standard InChI is InChI=1S/C28H21N3O5/c1-16-4-2-5-17(10-16)26(32)30-19-6-3-7-21(12-19)36-22-8-9-23-24(27(33)31-25(23)14-22)13-20-11-18(15-29-20)28(34)35/h2-15,29H,1H3,(H,30,32)(H,31,33)(H,34,35)/b24-13-. The molecule has 5 rings (SSSR count). The van der Waals surface area contributed by atoms with Gasteiger partial charge in [0.05, 0.1) is 16.8 Å². The highest BCUT2D eigenvalue weighted by Crippen LogP contribution is 2.37. The molecule has 178 valence electrons. The van der Waals surface area contributed by atoms with Crippen molar-refractivity contribution in [1.29, 1.82) is 0 Å². The Morgan fingerprint density at radius 1 is 0.944 bits per heavy atom. The summed E-state index contributed by atoms with van der Waals surface area (Å²) in [7, 11) is 0. The second-order valence-electron chi connectivity index (χ2n) is 8.32. The van der Waals surface area contributed by atoms with Crippen LogP contribution in [-0.4, -0.2) is 27.9 Å². The number of hydrogen-bond donors (Lipinski definition) is 4. The third kappa shape index (κ3) is 4.74. The number of carbonyl (C=O) groups is 3. The van der Waals surface area contributed by atoms with E-state index >= 15 is 0 Å². The Kier molecular flexibility index (Phi) is 5.83. The zero-order valence-electron chi connectivity index (χ0n) is 19.2. The topological polar surface area (TPSA) is 121 Å². The lowest BCUT2D eigenvalue weighted by atomic mass is 10.1. The molecule has 0 radical (unpaired) electrons. The van der Waals surface area contributed by atoms with Crippen LogP contribution in [-0.2, 0) is 4.79 Å². The van der Waals surface area contributed by atoms with Gasteiger partial charge in [0.2, 0.25) is 0 Å². The van der Waals surface area contributed by atoms with Gasteiger partial charge in [-0.05, 0) is 55.5 Å². The number of rotatable bonds is 6. The number of aromatic carboxylic acids is 1. The molecule has 1 aliphatic rings. The third-order valence-electron chi connectivity index (χ3n) is 5.63. The number of amides is 2. The Hall–Kier alpha value is -5.11. The monoisotopic (exact) mass is 479 g/mol. The average molecular weight is 479 g/mol. The first-order valence-electron chi connectivity index (χ1n) is 11.1. The smallest absolute Gasteiger partial charge is 0.337 e. The summed E-state index contributed by atoms with van der Waals surface area (Å²) in [6.45, 7) is 1.93. The minimum atomic E-state index is -1.05. The second kappa shape index (κ2) is 9.27. The quantitative estimate of drug-likeness (QED) is 0.270. The van der Waals surface area contributed by atoms with Crippen molar-refractivity contribution in [2.45, 2.75) is 6.92 Å². The summed E-state index contributed by atoms with van der Waals surface area (Å²) < 4.78 is 5.98. The molecule has 8 nitrogen and oxygen atoms in total. The molecule has 4 aromatic rings. The Labute approximate surface area is 206 Å². The average Bonchev–Trinajstić information content (AvgIpc) is 3.44. The molecule has 2 heterocycles. The Morgan fingerprint density at radius 3 is 2.53 bits per heavy atom. The number of carboxylic acid groups (broad SMARTS) is 1. The number of aromatic amines is 1. The fourth-order valence-electron chi connectivity index (χ4n) is 3.92. The van der Waals surface area contributed by atoms with Crippen LogP contribution in [0.5, 0.6) is 11.5 Å². The van der Waals surface area contributed by atoms with E-state index in [1.807, 2.05) is 25.1 Å². The van der Waals surface area contributed by atoms with Gasteiger partial charge in [0.1, 0.15) is 11.5 Å². The molecule has 2 amide bonds. The van der Waals surface area contributed by atoms with Gasteiger partial charge in [0.15, 0.2) is 0 Å². The van der Waals surface area contributed by atoms with E-state index in [1.54, 1.807) is 54.6 Å². The summed E-state index contributed by atoms with van der Waals surface area (Å²) in [6.07, 6.45) is 2.98. The van der Waals surface area contributed by atoms with Crippen LogP contribution in [0.3, 0.4) is 0 Å². The number of nitrogens with one attached hydrogen (secondary N) is 3. The van der Waals surface area contributed by atoms with E-state index in [0.717, 1.165) is 5.56 Å². The number of fused-ring (bicyclic) bond motifs is 1. The maximum atomic E-state index is 12.6. The lowest BCUT2D eigenvalue weighted by molar-refractivity contribution is -0.110. The maximum absolute atomic E-state index is 12.6. The first kappa shape index (κ1) is 22.7. The minimum Gasteiger partial charge on any atom is -0.478 e. The number of carboxylic acids is 1. The highest BCUT2D eigenvalue weighted by Gasteiger charge is 2.25. The van der Waals surface area contributed by atoms with Crippen molar-refractivity contribution < 1.29 is 24.2 Å². The largest absolute Gasteiger partial charge is 0.478 e. The van der Waals surface area contributed by atoms with Crippen LogP contribution in [0.4, 0.5) is 11.4 Å². The molecule has 36 heavy (non-hydrogen) atoms. The van der Waals surface area contributed by atoms with Gasteiger partial charge in [-0.25, -0.2) is 4.79 Å². The van der Waals surface area contributed by atoms with Gasteiger partial charge >= 0.3 is 5.97 Å². The molecule has 1 aromatic heterocycles. The van der Waals surface area contributed by atoms with Gasteiger partial charge in [0, 0.05) is 40.8 Å². The van der Waals surface area contributed by atoms with E-state index in [9.17, 15) is 14.4 Å². The van der Waals surface area contributed by atoms with Crippen LogP contribution in [0.1, 0.15) is 37.5 Å². The van der Waals surface area contributed by atoms with Gasteiger partial charge in [-0.3, -0.25) is 9.59 Å². The fourth-order valence-corrected chi connectivity index (χ4v) is 3.92. The van der Waals surface area contributed by atoms with Gasteiger partial charge in [-0.15, -0.1) is 0 Å². The van der Waals surface area contributed by atoms with Crippen LogP contribution in [0, 0.1) is 6.92 Å². The van der Waals surface area contributed by atoms with E-state index in [2.05, 4.69) is 15.6 Å². The van der Waals surface area contributed by atoms with Crippen molar-refractivity contribution in [3.63, 3.8) is 0 Å². The third-order valence-corrected chi connectivity index (χ3v) is 5.63. The SMILES string of the molecule is Cc1cccc(C(=O)Nc2cccc(Oc3ccc4c(c3)NC(=O)/C4=C\c3cc(C(=O)O)c[nH]3)c2)c1. The van der Waals surface area contributed by atoms with Crippen molar-refractivity contribution in [3.05, 3.63) is 107 Å². The molecule has 0 bridgehead atoms. The molecule has 0 saturated heterocycles. The number of aromatic nitrogens is 1. The van der Waals surface area contributed by atoms with Crippen molar-refractivity contribution in [3.8, 4) is 11.5 Å². The molecule has 1 aliphatic heterocycles. The fraction of sp³-hybridized carbons (Fsp3) is 0.0357. The zero-order valence-corrected chi connectivity index (χ0v) is 19.2. The molecule has 8 heteroatoms. The molecule has 0 unspecified atom stereocenters. The molecule has 4 N–H and O–H groups in total. The predicted molar refractivity (Wildman–Crippen MR) is 136 cm³/mol. The van der Waals surface area contributed by atoms with Crippen LogP contribution in [0.2, 0.25) is 0 Å². The van der Waals surface area contributed by atoms with Crippen LogP contribution in [0.25, 0.3) is 11.6 Å². The summed E-state index contributed by atoms with van der Waals surface area (Å²) in [4.78, 5) is 39.1. The summed E-state index contributed by atoms with van der Waals surface area (Å²) in [5.74, 6) is -0.537.